The van der Waals surface area contributed by atoms with Crippen LogP contribution in [0.2, 0.25) is 5.02 Å². The largest absolute Gasteiger partial charge is 0.481 e. The summed E-state index contributed by atoms with van der Waals surface area (Å²) in [7, 11) is -1.42. The Labute approximate surface area is 106 Å². The topological polar surface area (TPSA) is 54.4 Å². The molecule has 0 saturated carbocycles. The molecule has 3 nitrogen and oxygen atoms in total. The van der Waals surface area contributed by atoms with Crippen LogP contribution in [0.5, 0.6) is 0 Å². The van der Waals surface area contributed by atoms with Gasteiger partial charge in [0, 0.05) is 22.1 Å². The van der Waals surface area contributed by atoms with Gasteiger partial charge < -0.3 is 5.11 Å². The second kappa shape index (κ2) is 6.12. The summed E-state index contributed by atoms with van der Waals surface area (Å²) in [5.74, 6) is -2.33. The minimum Gasteiger partial charge on any atom is -0.481 e. The Bertz CT molecular complexity index is 450. The summed E-state index contributed by atoms with van der Waals surface area (Å²) in [5.41, 5.74) is 0.244. The highest BCUT2D eigenvalue weighted by atomic mass is 35.5. The van der Waals surface area contributed by atoms with Gasteiger partial charge in [-0.1, -0.05) is 30.7 Å². The van der Waals surface area contributed by atoms with Crippen LogP contribution < -0.4 is 0 Å². The maximum absolute atomic E-state index is 13.5. The molecular weight excluding hydrogens is 267 g/mol. The quantitative estimate of drug-likeness (QED) is 0.900. The van der Waals surface area contributed by atoms with Crippen molar-refractivity contribution in [3.63, 3.8) is 0 Å². The third-order valence-electron chi connectivity index (χ3n) is 2.21. The summed E-state index contributed by atoms with van der Waals surface area (Å²) in [6, 6.07) is 4.46. The van der Waals surface area contributed by atoms with Crippen LogP contribution in [0.25, 0.3) is 0 Å². The minimum atomic E-state index is -1.42. The summed E-state index contributed by atoms with van der Waals surface area (Å²) >= 11 is 5.59. The number of carboxylic acid groups (broad SMARTS) is 1. The molecule has 0 aliphatic heterocycles. The highest BCUT2D eigenvalue weighted by Crippen LogP contribution is 2.19. The van der Waals surface area contributed by atoms with E-state index in [0.717, 1.165) is 0 Å². The Morgan fingerprint density at radius 1 is 1.59 bits per heavy atom. The molecule has 1 N–H and O–H groups in total. The molecule has 94 valence electrons. The smallest absolute Gasteiger partial charge is 0.307 e. The van der Waals surface area contributed by atoms with Crippen LogP contribution in [0.15, 0.2) is 18.2 Å². The average molecular weight is 279 g/mol. The van der Waals surface area contributed by atoms with Gasteiger partial charge in [0.25, 0.3) is 0 Å². The van der Waals surface area contributed by atoms with E-state index in [1.807, 2.05) is 0 Å². The standard InChI is InChI=1S/C11H12ClFO3S/c1-7(11(14)15)5-17(16)6-8-3-2-4-9(12)10(8)13/h2-4,7H,5-6H2,1H3,(H,14,15). The van der Waals surface area contributed by atoms with Gasteiger partial charge in [0.1, 0.15) is 5.82 Å². The molecule has 0 fully saturated rings. The summed E-state index contributed by atoms with van der Waals surface area (Å²) in [5, 5.41) is 8.64. The molecule has 1 aromatic carbocycles. The maximum Gasteiger partial charge on any atom is 0.307 e. The normalized spacial score (nSPS) is 14.3. The van der Waals surface area contributed by atoms with Crippen LogP contribution in [-0.4, -0.2) is 21.0 Å². The second-order valence-corrected chi connectivity index (χ2v) is 5.61. The highest BCUT2D eigenvalue weighted by Gasteiger charge is 2.16. The number of aliphatic carboxylic acids is 1. The van der Waals surface area contributed by atoms with Crippen LogP contribution >= 0.6 is 11.6 Å². The first-order valence-corrected chi connectivity index (χ1v) is 6.79. The molecule has 0 aliphatic carbocycles. The number of rotatable bonds is 5. The Morgan fingerprint density at radius 2 is 2.24 bits per heavy atom. The van der Waals surface area contributed by atoms with Crippen molar-refractivity contribution in [3.05, 3.63) is 34.6 Å². The van der Waals surface area contributed by atoms with E-state index in [0.29, 0.717) is 0 Å². The van der Waals surface area contributed by atoms with Gasteiger partial charge in [-0.15, -0.1) is 0 Å². The fourth-order valence-corrected chi connectivity index (χ4v) is 2.82. The lowest BCUT2D eigenvalue weighted by atomic mass is 10.2. The van der Waals surface area contributed by atoms with Crippen molar-refractivity contribution in [1.82, 2.24) is 0 Å². The van der Waals surface area contributed by atoms with Crippen molar-refractivity contribution in [1.29, 1.82) is 0 Å². The van der Waals surface area contributed by atoms with Gasteiger partial charge in [0.2, 0.25) is 0 Å². The molecule has 0 amide bonds. The first-order valence-electron chi connectivity index (χ1n) is 4.92. The molecule has 0 aromatic heterocycles. The maximum atomic E-state index is 13.5. The zero-order chi connectivity index (χ0) is 13.0. The average Bonchev–Trinajstić information content (AvgIpc) is 2.24. The van der Waals surface area contributed by atoms with Gasteiger partial charge >= 0.3 is 5.97 Å². The first kappa shape index (κ1) is 14.1. The van der Waals surface area contributed by atoms with Crippen LogP contribution in [0.1, 0.15) is 12.5 Å². The molecule has 0 radical (unpaired) electrons. The molecular formula is C11H12ClFO3S. The van der Waals surface area contributed by atoms with E-state index in [1.54, 1.807) is 6.07 Å². The van der Waals surface area contributed by atoms with Gasteiger partial charge in [0.15, 0.2) is 0 Å². The van der Waals surface area contributed by atoms with Crippen LogP contribution in [0, 0.1) is 11.7 Å². The Hall–Kier alpha value is -0.940. The lowest BCUT2D eigenvalue weighted by Crippen LogP contribution is -2.18. The van der Waals surface area contributed by atoms with Crippen molar-refractivity contribution >= 4 is 28.4 Å². The molecule has 0 aliphatic rings. The van der Waals surface area contributed by atoms with E-state index < -0.39 is 28.5 Å². The van der Waals surface area contributed by atoms with Gasteiger partial charge in [-0.25, -0.2) is 4.39 Å². The van der Waals surface area contributed by atoms with Crippen molar-refractivity contribution in [2.45, 2.75) is 12.7 Å². The van der Waals surface area contributed by atoms with Crippen molar-refractivity contribution in [3.8, 4) is 0 Å². The molecule has 2 unspecified atom stereocenters. The molecule has 6 heteroatoms. The van der Waals surface area contributed by atoms with Crippen molar-refractivity contribution in [2.24, 2.45) is 5.92 Å². The van der Waals surface area contributed by atoms with E-state index in [4.69, 9.17) is 16.7 Å². The van der Waals surface area contributed by atoms with Crippen LogP contribution in [-0.2, 0) is 21.3 Å². The van der Waals surface area contributed by atoms with Crippen molar-refractivity contribution in [2.75, 3.05) is 5.75 Å². The predicted molar refractivity (Wildman–Crippen MR) is 64.9 cm³/mol. The molecule has 0 bridgehead atoms. The zero-order valence-electron chi connectivity index (χ0n) is 9.15. The summed E-state index contributed by atoms with van der Waals surface area (Å²) in [6.07, 6.45) is 0. The fraction of sp³-hybridized carbons (Fsp3) is 0.364. The third-order valence-corrected chi connectivity index (χ3v) is 4.00. The number of benzene rings is 1. The number of halogens is 2. The Morgan fingerprint density at radius 3 is 2.82 bits per heavy atom. The zero-order valence-corrected chi connectivity index (χ0v) is 10.7. The molecule has 0 heterocycles. The monoisotopic (exact) mass is 278 g/mol. The first-order chi connectivity index (χ1) is 7.91. The SMILES string of the molecule is CC(CS(=O)Cc1cccc(Cl)c1F)C(=O)O. The molecule has 1 aromatic rings. The summed E-state index contributed by atoms with van der Waals surface area (Å²) in [6.45, 7) is 1.47. The van der Waals surface area contributed by atoms with E-state index in [1.165, 1.54) is 19.1 Å². The number of hydrogen-bond donors (Lipinski definition) is 1. The van der Waals surface area contributed by atoms with Gasteiger partial charge in [-0.2, -0.15) is 0 Å². The van der Waals surface area contributed by atoms with E-state index in [9.17, 15) is 13.4 Å². The number of hydrogen-bond acceptors (Lipinski definition) is 2. The Balaban J connectivity index is 2.69. The van der Waals surface area contributed by atoms with E-state index in [2.05, 4.69) is 0 Å². The van der Waals surface area contributed by atoms with Gasteiger partial charge in [0.05, 0.1) is 16.7 Å². The summed E-state index contributed by atoms with van der Waals surface area (Å²) < 4.78 is 25.1. The van der Waals surface area contributed by atoms with Crippen molar-refractivity contribution < 1.29 is 18.5 Å². The van der Waals surface area contributed by atoms with Gasteiger partial charge in [-0.3, -0.25) is 9.00 Å². The number of carboxylic acids is 1. The van der Waals surface area contributed by atoms with Crippen LogP contribution in [0.3, 0.4) is 0 Å². The molecule has 2 atom stereocenters. The summed E-state index contributed by atoms with van der Waals surface area (Å²) in [4.78, 5) is 10.6. The molecule has 0 saturated heterocycles. The second-order valence-electron chi connectivity index (χ2n) is 3.70. The van der Waals surface area contributed by atoms with E-state index in [-0.39, 0.29) is 22.1 Å². The lowest BCUT2D eigenvalue weighted by Gasteiger charge is -2.07. The number of carbonyl (C=O) groups is 1. The van der Waals surface area contributed by atoms with Crippen LogP contribution in [0.4, 0.5) is 4.39 Å². The van der Waals surface area contributed by atoms with E-state index >= 15 is 0 Å². The highest BCUT2D eigenvalue weighted by molar-refractivity contribution is 7.84. The Kier molecular flexibility index (Phi) is 5.08. The lowest BCUT2D eigenvalue weighted by molar-refractivity contribution is -0.140. The third kappa shape index (κ3) is 4.09. The predicted octanol–water partition coefficient (Wildman–Crippen LogP) is 2.45. The molecule has 1 rings (SSSR count). The minimum absolute atomic E-state index is 0.00128. The molecule has 17 heavy (non-hydrogen) atoms. The van der Waals surface area contributed by atoms with Gasteiger partial charge in [-0.05, 0) is 6.07 Å². The fourth-order valence-electron chi connectivity index (χ4n) is 1.24. The molecule has 0 spiro atoms.